The lowest BCUT2D eigenvalue weighted by Crippen LogP contribution is -2.37. The Balaban J connectivity index is 0.000000154. The van der Waals surface area contributed by atoms with Gasteiger partial charge in [0.15, 0.2) is 11.9 Å². The van der Waals surface area contributed by atoms with E-state index in [9.17, 15) is 19.6 Å². The second kappa shape index (κ2) is 15.7. The lowest BCUT2D eigenvalue weighted by atomic mass is 9.86. The van der Waals surface area contributed by atoms with Crippen LogP contribution in [0.1, 0.15) is 58.7 Å². The lowest BCUT2D eigenvalue weighted by Gasteiger charge is -2.21. The van der Waals surface area contributed by atoms with Crippen LogP contribution in [0.5, 0.6) is 0 Å². The predicted molar refractivity (Wildman–Crippen MR) is 161 cm³/mol. The van der Waals surface area contributed by atoms with E-state index in [-0.39, 0.29) is 35.7 Å². The third kappa shape index (κ3) is 8.41. The molecule has 0 saturated heterocycles. The monoisotopic (exact) mass is 614 g/mol. The van der Waals surface area contributed by atoms with Crippen LogP contribution < -0.4 is 4.73 Å². The molecule has 0 aromatic carbocycles. The van der Waals surface area contributed by atoms with Crippen LogP contribution in [0.2, 0.25) is 0 Å². The molecule has 0 saturated carbocycles. The van der Waals surface area contributed by atoms with Gasteiger partial charge in [0.1, 0.15) is 11.8 Å². The van der Waals surface area contributed by atoms with E-state index in [2.05, 4.69) is 9.97 Å². The minimum Gasteiger partial charge on any atom is -0.618 e. The van der Waals surface area contributed by atoms with Crippen molar-refractivity contribution in [3.8, 4) is 6.07 Å². The van der Waals surface area contributed by atoms with Crippen molar-refractivity contribution in [2.45, 2.75) is 57.8 Å². The van der Waals surface area contributed by atoms with Gasteiger partial charge in [-0.2, -0.15) is 9.99 Å². The maximum Gasteiger partial charge on any atom is 0.309 e. The number of aromatic nitrogens is 3. The molecule has 0 N–H and O–H groups in total. The molecule has 3 atom stereocenters. The fourth-order valence-corrected chi connectivity index (χ4v) is 6.04. The third-order valence-electron chi connectivity index (χ3n) is 8.51. The molecule has 3 aromatic rings. The molecule has 11 nitrogen and oxygen atoms in total. The molecule has 3 aromatic heterocycles. The molecule has 0 aliphatic heterocycles. The number of ether oxygens (including phenoxy) is 3. The van der Waals surface area contributed by atoms with Crippen molar-refractivity contribution in [3.63, 3.8) is 0 Å². The number of carbonyl (C=O) groups is 3. The molecule has 45 heavy (non-hydrogen) atoms. The highest BCUT2D eigenvalue weighted by Gasteiger charge is 2.29. The Morgan fingerprint density at radius 1 is 0.778 bits per heavy atom. The van der Waals surface area contributed by atoms with Crippen LogP contribution in [0, 0.1) is 34.3 Å². The summed E-state index contributed by atoms with van der Waals surface area (Å²) in [6.45, 7) is 0. The Hall–Kier alpha value is -4.85. The van der Waals surface area contributed by atoms with Crippen LogP contribution in [0.4, 0.5) is 0 Å². The topological polar surface area (TPSA) is 155 Å². The molecule has 3 unspecified atom stereocenters. The molecular formula is C34H38N4O7. The summed E-state index contributed by atoms with van der Waals surface area (Å²) in [6, 6.07) is 13.2. The summed E-state index contributed by atoms with van der Waals surface area (Å²) in [4.78, 5) is 42.6. The Bertz CT molecular complexity index is 1570. The van der Waals surface area contributed by atoms with E-state index in [1.807, 2.05) is 30.3 Å². The first-order valence-electron chi connectivity index (χ1n) is 15.0. The summed E-state index contributed by atoms with van der Waals surface area (Å²) in [7, 11) is 4.26. The first-order valence-corrected chi connectivity index (χ1v) is 15.0. The highest BCUT2D eigenvalue weighted by molar-refractivity contribution is 5.74. The van der Waals surface area contributed by atoms with Gasteiger partial charge in [-0.05, 0) is 80.7 Å². The number of aryl methyl sites for hydroxylation is 2. The van der Waals surface area contributed by atoms with Crippen LogP contribution in [0.3, 0.4) is 0 Å². The summed E-state index contributed by atoms with van der Waals surface area (Å²) in [5, 5.41) is 20.1. The van der Waals surface area contributed by atoms with E-state index < -0.39 is 0 Å². The summed E-state index contributed by atoms with van der Waals surface area (Å²) in [5.41, 5.74) is 6.52. The molecule has 0 bridgehead atoms. The van der Waals surface area contributed by atoms with E-state index in [1.165, 1.54) is 33.1 Å². The summed E-state index contributed by atoms with van der Waals surface area (Å²) < 4.78 is 15.1. The molecule has 3 heterocycles. The van der Waals surface area contributed by atoms with Crippen molar-refractivity contribution in [2.24, 2.45) is 17.8 Å². The van der Waals surface area contributed by atoms with Crippen LogP contribution in [0.25, 0.3) is 0 Å². The summed E-state index contributed by atoms with van der Waals surface area (Å²) in [6.07, 6.45) is 9.94. The zero-order valence-corrected chi connectivity index (χ0v) is 25.9. The zero-order valence-electron chi connectivity index (χ0n) is 25.9. The van der Waals surface area contributed by atoms with Crippen LogP contribution in [-0.4, -0.2) is 49.2 Å². The van der Waals surface area contributed by atoms with Gasteiger partial charge < -0.3 is 19.4 Å². The highest BCUT2D eigenvalue weighted by Crippen LogP contribution is 2.26. The number of nitrogens with zero attached hydrogens (tertiary/aromatic N) is 4. The van der Waals surface area contributed by atoms with Crippen molar-refractivity contribution in [3.05, 3.63) is 93.5 Å². The number of fused-ring (bicyclic) bond motifs is 3. The standard InChI is InChI=1S/C12H12N2O2.C11H13NO3.C11H13NO2/c1-16-12(15)9-3-5-11-8(6-9)2-4-10(7-13)14-11;1-15-11(13)9-4-5-10-8(7-9)3-2-6-12(10)14;1-14-11(13)9-4-5-10-8(7-9)3-2-6-12-10/h2,4,9H,3,5-6H2,1H3;2-3,6,9H,4-5,7H2,1H3;2-3,6,9H,4-5,7H2,1H3. The molecule has 3 aliphatic rings. The van der Waals surface area contributed by atoms with Gasteiger partial charge in [-0.25, -0.2) is 4.98 Å². The minimum atomic E-state index is -0.179. The van der Waals surface area contributed by atoms with Crippen molar-refractivity contribution in [1.29, 1.82) is 5.26 Å². The number of pyridine rings is 3. The van der Waals surface area contributed by atoms with E-state index in [1.54, 1.807) is 18.3 Å². The van der Waals surface area contributed by atoms with Crippen LogP contribution in [-0.2, 0) is 67.1 Å². The van der Waals surface area contributed by atoms with Gasteiger partial charge in [0, 0.05) is 35.6 Å². The fourth-order valence-electron chi connectivity index (χ4n) is 6.04. The molecule has 11 heteroatoms. The smallest absolute Gasteiger partial charge is 0.309 e. The van der Waals surface area contributed by atoms with Gasteiger partial charge in [0.25, 0.3) is 0 Å². The number of hydrogen-bond donors (Lipinski definition) is 0. The van der Waals surface area contributed by atoms with Gasteiger partial charge in [-0.15, -0.1) is 0 Å². The number of esters is 3. The number of carbonyl (C=O) groups excluding carboxylic acids is 3. The molecule has 0 radical (unpaired) electrons. The number of rotatable bonds is 3. The first-order chi connectivity index (χ1) is 21.8. The van der Waals surface area contributed by atoms with Gasteiger partial charge >= 0.3 is 17.9 Å². The Morgan fingerprint density at radius 3 is 1.91 bits per heavy atom. The molecule has 0 fully saturated rings. The SMILES string of the molecule is COC(=O)C1CCc2c(ccc[n+]2[O-])C1.COC(=O)C1CCc2nc(C#N)ccc2C1.COC(=O)C1CCc2ncccc2C1. The number of nitriles is 1. The maximum atomic E-state index is 11.4. The second-order valence-corrected chi connectivity index (χ2v) is 11.2. The predicted octanol–water partition coefficient (Wildman–Crippen LogP) is 3.19. The van der Waals surface area contributed by atoms with Crippen molar-refractivity contribution < 1.29 is 33.3 Å². The van der Waals surface area contributed by atoms with Gasteiger partial charge in [-0.1, -0.05) is 12.1 Å². The van der Waals surface area contributed by atoms with E-state index in [0.29, 0.717) is 31.4 Å². The lowest BCUT2D eigenvalue weighted by molar-refractivity contribution is -0.615. The second-order valence-electron chi connectivity index (χ2n) is 11.2. The molecule has 236 valence electrons. The zero-order chi connectivity index (χ0) is 32.3. The summed E-state index contributed by atoms with van der Waals surface area (Å²) >= 11 is 0. The Kier molecular flexibility index (Phi) is 11.6. The van der Waals surface area contributed by atoms with E-state index >= 15 is 0 Å². The molecule has 6 rings (SSSR count). The van der Waals surface area contributed by atoms with Crippen molar-refractivity contribution in [2.75, 3.05) is 21.3 Å². The van der Waals surface area contributed by atoms with E-state index in [0.717, 1.165) is 65.0 Å². The fraction of sp³-hybridized carbons (Fsp3) is 0.441. The van der Waals surface area contributed by atoms with E-state index in [4.69, 9.17) is 19.5 Å². The summed E-state index contributed by atoms with van der Waals surface area (Å²) in [5.74, 6) is -0.565. The average molecular weight is 615 g/mol. The van der Waals surface area contributed by atoms with Crippen LogP contribution in [0.15, 0.2) is 48.8 Å². The molecular weight excluding hydrogens is 576 g/mol. The third-order valence-corrected chi connectivity index (χ3v) is 8.51. The largest absolute Gasteiger partial charge is 0.618 e. The number of hydrogen-bond acceptors (Lipinski definition) is 10. The Labute approximate surface area is 262 Å². The molecule has 0 amide bonds. The maximum absolute atomic E-state index is 11.4. The van der Waals surface area contributed by atoms with Crippen molar-refractivity contribution in [1.82, 2.24) is 9.97 Å². The van der Waals surface area contributed by atoms with Crippen LogP contribution >= 0.6 is 0 Å². The van der Waals surface area contributed by atoms with Gasteiger partial charge in [-0.3, -0.25) is 19.4 Å². The highest BCUT2D eigenvalue weighted by atomic mass is 16.5. The minimum absolute atomic E-state index is 0.0247. The Morgan fingerprint density at radius 2 is 1.31 bits per heavy atom. The number of methoxy groups -OCH3 is 3. The quantitative estimate of drug-likeness (QED) is 0.186. The van der Waals surface area contributed by atoms with Gasteiger partial charge in [0.2, 0.25) is 0 Å². The first kappa shape index (κ1) is 33.1. The molecule has 3 aliphatic carbocycles. The molecule has 0 spiro atoms. The van der Waals surface area contributed by atoms with Crippen molar-refractivity contribution >= 4 is 17.9 Å². The van der Waals surface area contributed by atoms with Gasteiger partial charge in [0.05, 0.1) is 39.1 Å². The normalized spacial score (nSPS) is 19.2. The average Bonchev–Trinajstić information content (AvgIpc) is 3.10.